The average molecular weight is 493 g/mol. The monoisotopic (exact) mass is 492 g/mol. The van der Waals surface area contributed by atoms with Gasteiger partial charge in [-0.3, -0.25) is 9.52 Å². The summed E-state index contributed by atoms with van der Waals surface area (Å²) in [5.41, 5.74) is 0.965. The summed E-state index contributed by atoms with van der Waals surface area (Å²) in [6.45, 7) is 1.77. The molecule has 1 unspecified atom stereocenters. The molecular formula is C23H22ClFN2O5S. The first-order valence-corrected chi connectivity index (χ1v) is 11.6. The van der Waals surface area contributed by atoms with Gasteiger partial charge in [-0.25, -0.2) is 12.8 Å². The minimum Gasteiger partial charge on any atom is -0.497 e. The number of sulfonamides is 1. The van der Waals surface area contributed by atoms with E-state index in [1.165, 1.54) is 44.6 Å². The van der Waals surface area contributed by atoms with E-state index in [-0.39, 0.29) is 21.2 Å². The van der Waals surface area contributed by atoms with E-state index in [1.54, 1.807) is 25.1 Å². The van der Waals surface area contributed by atoms with E-state index in [1.807, 2.05) is 0 Å². The third kappa shape index (κ3) is 5.74. The largest absolute Gasteiger partial charge is 0.497 e. The lowest BCUT2D eigenvalue weighted by molar-refractivity contribution is 0.0939. The van der Waals surface area contributed by atoms with Crippen molar-refractivity contribution in [1.29, 1.82) is 0 Å². The number of carbonyl (C=O) groups excluding carboxylic acids is 1. The van der Waals surface area contributed by atoms with Crippen molar-refractivity contribution in [3.63, 3.8) is 0 Å². The summed E-state index contributed by atoms with van der Waals surface area (Å²) in [5, 5.41) is 2.76. The molecule has 0 aliphatic rings. The van der Waals surface area contributed by atoms with Gasteiger partial charge in [0, 0.05) is 22.9 Å². The Labute approximate surface area is 196 Å². The first-order chi connectivity index (χ1) is 15.6. The molecule has 2 N–H and O–H groups in total. The minimum atomic E-state index is -4.13. The van der Waals surface area contributed by atoms with Gasteiger partial charge in [-0.1, -0.05) is 11.6 Å². The number of rotatable bonds is 8. The third-order valence-corrected chi connectivity index (χ3v) is 6.70. The molecule has 0 saturated heterocycles. The summed E-state index contributed by atoms with van der Waals surface area (Å²) in [7, 11) is -1.08. The van der Waals surface area contributed by atoms with Crippen LogP contribution in [0, 0.1) is 5.82 Å². The van der Waals surface area contributed by atoms with Gasteiger partial charge in [0.1, 0.15) is 22.2 Å². The Morgan fingerprint density at radius 3 is 2.33 bits per heavy atom. The standard InChI is InChI=1S/C23H22ClFN2O5S/c1-14(19-10-9-18(31-2)13-21(19)32-3)26-23(28)15-4-11-20(24)22(12-15)33(29,30)27-17-7-5-16(25)6-8-17/h4-14,27H,1-3H3,(H,26,28). The van der Waals surface area contributed by atoms with Gasteiger partial charge >= 0.3 is 0 Å². The van der Waals surface area contributed by atoms with E-state index in [0.29, 0.717) is 17.1 Å². The van der Waals surface area contributed by atoms with Crippen molar-refractivity contribution in [3.8, 4) is 11.5 Å². The molecule has 1 atom stereocenters. The predicted octanol–water partition coefficient (Wildman–Crippen LogP) is 4.79. The van der Waals surface area contributed by atoms with Gasteiger partial charge in [-0.15, -0.1) is 0 Å². The second-order valence-electron chi connectivity index (χ2n) is 7.06. The maximum atomic E-state index is 13.1. The average Bonchev–Trinajstić information content (AvgIpc) is 2.79. The van der Waals surface area contributed by atoms with Crippen LogP contribution in [0.4, 0.5) is 10.1 Å². The first kappa shape index (κ1) is 24.3. The SMILES string of the molecule is COc1ccc(C(C)NC(=O)c2ccc(Cl)c(S(=O)(=O)Nc3ccc(F)cc3)c2)c(OC)c1. The van der Waals surface area contributed by atoms with Gasteiger partial charge in [-0.05, 0) is 61.5 Å². The fraction of sp³-hybridized carbons (Fsp3) is 0.174. The van der Waals surface area contributed by atoms with Crippen LogP contribution in [0.5, 0.6) is 11.5 Å². The quantitative estimate of drug-likeness (QED) is 0.471. The van der Waals surface area contributed by atoms with Crippen LogP contribution in [0.25, 0.3) is 0 Å². The van der Waals surface area contributed by atoms with Crippen LogP contribution in [0.2, 0.25) is 5.02 Å². The van der Waals surface area contributed by atoms with E-state index < -0.39 is 27.8 Å². The molecule has 174 valence electrons. The van der Waals surface area contributed by atoms with Gasteiger partial charge in [0.25, 0.3) is 15.9 Å². The second-order valence-corrected chi connectivity index (χ2v) is 9.12. The number of anilines is 1. The molecule has 33 heavy (non-hydrogen) atoms. The Bertz CT molecular complexity index is 1270. The van der Waals surface area contributed by atoms with Crippen LogP contribution in [-0.2, 0) is 10.0 Å². The number of hydrogen-bond donors (Lipinski definition) is 2. The normalized spacial score (nSPS) is 12.0. The van der Waals surface area contributed by atoms with Gasteiger partial charge in [0.05, 0.1) is 25.3 Å². The smallest absolute Gasteiger partial charge is 0.263 e. The maximum absolute atomic E-state index is 13.1. The van der Waals surface area contributed by atoms with Crippen LogP contribution in [0.15, 0.2) is 65.6 Å². The molecule has 0 heterocycles. The molecule has 0 saturated carbocycles. The van der Waals surface area contributed by atoms with Crippen molar-refractivity contribution in [1.82, 2.24) is 5.32 Å². The third-order valence-electron chi connectivity index (χ3n) is 4.83. The molecule has 3 rings (SSSR count). The highest BCUT2D eigenvalue weighted by Crippen LogP contribution is 2.30. The molecule has 0 fully saturated rings. The number of hydrogen-bond acceptors (Lipinski definition) is 5. The molecule has 10 heteroatoms. The Hall–Kier alpha value is -3.30. The fourth-order valence-electron chi connectivity index (χ4n) is 3.11. The van der Waals surface area contributed by atoms with Crippen molar-refractivity contribution in [2.24, 2.45) is 0 Å². The number of nitrogens with one attached hydrogen (secondary N) is 2. The van der Waals surface area contributed by atoms with Crippen LogP contribution in [-0.4, -0.2) is 28.5 Å². The molecule has 1 amide bonds. The fourth-order valence-corrected chi connectivity index (χ4v) is 4.70. The van der Waals surface area contributed by atoms with Crippen molar-refractivity contribution in [2.45, 2.75) is 17.9 Å². The molecule has 7 nitrogen and oxygen atoms in total. The topological polar surface area (TPSA) is 93.7 Å². The summed E-state index contributed by atoms with van der Waals surface area (Å²) < 4.78 is 51.6. The lowest BCUT2D eigenvalue weighted by atomic mass is 10.1. The number of amides is 1. The summed E-state index contributed by atoms with van der Waals surface area (Å²) in [6, 6.07) is 13.5. The second kappa shape index (κ2) is 10.1. The van der Waals surface area contributed by atoms with Crippen LogP contribution < -0.4 is 19.5 Å². The zero-order valence-electron chi connectivity index (χ0n) is 18.1. The summed E-state index contributed by atoms with van der Waals surface area (Å²) in [6.07, 6.45) is 0. The molecule has 0 aliphatic carbocycles. The van der Waals surface area contributed by atoms with Crippen molar-refractivity contribution in [2.75, 3.05) is 18.9 Å². The number of methoxy groups -OCH3 is 2. The molecule has 0 bridgehead atoms. The lowest BCUT2D eigenvalue weighted by Crippen LogP contribution is -2.27. The lowest BCUT2D eigenvalue weighted by Gasteiger charge is -2.18. The van der Waals surface area contributed by atoms with E-state index in [0.717, 1.165) is 12.1 Å². The van der Waals surface area contributed by atoms with E-state index in [9.17, 15) is 17.6 Å². The number of benzene rings is 3. The number of ether oxygens (including phenoxy) is 2. The van der Waals surface area contributed by atoms with Crippen LogP contribution in [0.3, 0.4) is 0 Å². The Morgan fingerprint density at radius 1 is 1.00 bits per heavy atom. The van der Waals surface area contributed by atoms with Crippen LogP contribution >= 0.6 is 11.6 Å². The predicted molar refractivity (Wildman–Crippen MR) is 124 cm³/mol. The van der Waals surface area contributed by atoms with Gasteiger partial charge in [0.2, 0.25) is 0 Å². The van der Waals surface area contributed by atoms with Crippen LogP contribution in [0.1, 0.15) is 28.9 Å². The van der Waals surface area contributed by atoms with E-state index >= 15 is 0 Å². The Morgan fingerprint density at radius 2 is 1.70 bits per heavy atom. The minimum absolute atomic E-state index is 0.0639. The summed E-state index contributed by atoms with van der Waals surface area (Å²) >= 11 is 6.11. The van der Waals surface area contributed by atoms with Gasteiger partial charge in [-0.2, -0.15) is 0 Å². The van der Waals surface area contributed by atoms with Crippen molar-refractivity contribution in [3.05, 3.63) is 82.6 Å². The molecule has 0 spiro atoms. The molecule has 3 aromatic rings. The summed E-state index contributed by atoms with van der Waals surface area (Å²) in [4.78, 5) is 12.6. The first-order valence-electron chi connectivity index (χ1n) is 9.75. The number of carbonyl (C=O) groups is 1. The zero-order valence-corrected chi connectivity index (χ0v) is 19.6. The zero-order chi connectivity index (χ0) is 24.2. The highest BCUT2D eigenvalue weighted by Gasteiger charge is 2.22. The maximum Gasteiger partial charge on any atom is 0.263 e. The van der Waals surface area contributed by atoms with Gasteiger partial charge < -0.3 is 14.8 Å². The Kier molecular flexibility index (Phi) is 7.45. The van der Waals surface area contributed by atoms with Crippen molar-refractivity contribution < 1.29 is 27.1 Å². The molecule has 0 radical (unpaired) electrons. The Balaban J connectivity index is 1.83. The molecule has 0 aliphatic heterocycles. The summed E-state index contributed by atoms with van der Waals surface area (Å²) in [5.74, 6) is 0.132. The molecule has 0 aromatic heterocycles. The van der Waals surface area contributed by atoms with E-state index in [2.05, 4.69) is 10.0 Å². The highest BCUT2D eigenvalue weighted by molar-refractivity contribution is 7.92. The highest BCUT2D eigenvalue weighted by atomic mass is 35.5. The van der Waals surface area contributed by atoms with E-state index in [4.69, 9.17) is 21.1 Å². The molecular weight excluding hydrogens is 471 g/mol. The van der Waals surface area contributed by atoms with Gasteiger partial charge in [0.15, 0.2) is 0 Å². The molecule has 3 aromatic carbocycles. The van der Waals surface area contributed by atoms with Crippen molar-refractivity contribution >= 4 is 33.2 Å². The number of halogens is 2.